The van der Waals surface area contributed by atoms with Crippen molar-refractivity contribution in [3.63, 3.8) is 0 Å². The number of nitrogens with two attached hydrogens (primary N) is 1. The van der Waals surface area contributed by atoms with Crippen molar-refractivity contribution in [1.82, 2.24) is 0 Å². The summed E-state index contributed by atoms with van der Waals surface area (Å²) in [6, 6.07) is 5.96. The van der Waals surface area contributed by atoms with Gasteiger partial charge in [0.2, 0.25) is 0 Å². The highest BCUT2D eigenvalue weighted by Gasteiger charge is 2.41. The summed E-state index contributed by atoms with van der Waals surface area (Å²) in [4.78, 5) is 11.5. The zero-order valence-electron chi connectivity index (χ0n) is 8.42. The summed E-state index contributed by atoms with van der Waals surface area (Å²) < 4.78 is 5.73. The Labute approximate surface area is 96.7 Å². The van der Waals surface area contributed by atoms with E-state index in [1.807, 2.05) is 18.2 Å². The van der Waals surface area contributed by atoms with Gasteiger partial charge in [-0.05, 0) is 23.3 Å². The van der Waals surface area contributed by atoms with Crippen LogP contribution in [0.4, 0.5) is 0 Å². The first-order chi connectivity index (χ1) is 7.05. The molecule has 1 unspecified atom stereocenters. The van der Waals surface area contributed by atoms with E-state index in [1.54, 1.807) is 0 Å². The number of ether oxygens (including phenoxy) is 1. The zero-order chi connectivity index (χ0) is 11.1. The Bertz CT molecular complexity index is 419. The average molecular weight is 270 g/mol. The summed E-state index contributed by atoms with van der Waals surface area (Å²) in [5, 5.41) is 0. The molecule has 0 amide bonds. The van der Waals surface area contributed by atoms with Crippen molar-refractivity contribution in [2.75, 3.05) is 7.11 Å². The fourth-order valence-electron chi connectivity index (χ4n) is 2.02. The van der Waals surface area contributed by atoms with Gasteiger partial charge in [-0.3, -0.25) is 4.79 Å². The van der Waals surface area contributed by atoms with Crippen molar-refractivity contribution in [3.8, 4) is 0 Å². The van der Waals surface area contributed by atoms with E-state index >= 15 is 0 Å². The lowest BCUT2D eigenvalue weighted by molar-refractivity contribution is -0.146. The first kappa shape index (κ1) is 10.6. The molecule has 0 saturated heterocycles. The van der Waals surface area contributed by atoms with Gasteiger partial charge in [-0.1, -0.05) is 22.0 Å². The minimum atomic E-state index is -0.877. The summed E-state index contributed by atoms with van der Waals surface area (Å²) >= 11 is 3.40. The van der Waals surface area contributed by atoms with Crippen molar-refractivity contribution >= 4 is 21.9 Å². The maximum absolute atomic E-state index is 11.5. The van der Waals surface area contributed by atoms with Gasteiger partial charge in [-0.2, -0.15) is 0 Å². The molecule has 0 bridgehead atoms. The van der Waals surface area contributed by atoms with Crippen LogP contribution in [0.25, 0.3) is 0 Å². The predicted octanol–water partition coefficient (Wildman–Crippen LogP) is 1.42. The Morgan fingerprint density at radius 2 is 2.13 bits per heavy atom. The van der Waals surface area contributed by atoms with Crippen molar-refractivity contribution in [1.29, 1.82) is 0 Å². The molecule has 0 heterocycles. The third kappa shape index (κ3) is 1.79. The maximum atomic E-state index is 11.5. The van der Waals surface area contributed by atoms with Crippen molar-refractivity contribution < 1.29 is 9.53 Å². The van der Waals surface area contributed by atoms with Crippen LogP contribution in [-0.4, -0.2) is 18.6 Å². The Kier molecular flexibility index (Phi) is 2.56. The van der Waals surface area contributed by atoms with E-state index in [1.165, 1.54) is 7.11 Å². The molecular weight excluding hydrogens is 258 g/mol. The molecule has 0 aliphatic heterocycles. The molecule has 2 N–H and O–H groups in total. The standard InChI is InChI=1S/C11H12BrNO2/c1-15-10(14)11(13)5-7-2-3-9(12)4-8(7)6-11/h2-4H,5-6,13H2,1H3. The van der Waals surface area contributed by atoms with E-state index in [9.17, 15) is 4.79 Å². The van der Waals surface area contributed by atoms with Gasteiger partial charge in [0.05, 0.1) is 7.11 Å². The Morgan fingerprint density at radius 1 is 1.47 bits per heavy atom. The fourth-order valence-corrected chi connectivity index (χ4v) is 2.43. The molecule has 0 radical (unpaired) electrons. The number of benzene rings is 1. The van der Waals surface area contributed by atoms with Gasteiger partial charge in [0.25, 0.3) is 0 Å². The normalized spacial score (nSPS) is 23.7. The molecule has 4 heteroatoms. The van der Waals surface area contributed by atoms with Crippen molar-refractivity contribution in [2.45, 2.75) is 18.4 Å². The summed E-state index contributed by atoms with van der Waals surface area (Å²) in [5.74, 6) is -0.338. The van der Waals surface area contributed by atoms with Gasteiger partial charge in [0.1, 0.15) is 5.54 Å². The first-order valence-electron chi connectivity index (χ1n) is 4.70. The van der Waals surface area contributed by atoms with E-state index in [0.717, 1.165) is 15.6 Å². The smallest absolute Gasteiger partial charge is 0.326 e. The lowest BCUT2D eigenvalue weighted by Crippen LogP contribution is -2.49. The summed E-state index contributed by atoms with van der Waals surface area (Å²) in [7, 11) is 1.37. The summed E-state index contributed by atoms with van der Waals surface area (Å²) in [5.41, 5.74) is 7.40. The van der Waals surface area contributed by atoms with Crippen LogP contribution < -0.4 is 5.73 Å². The molecule has 0 fully saturated rings. The van der Waals surface area contributed by atoms with Crippen molar-refractivity contribution in [3.05, 3.63) is 33.8 Å². The van der Waals surface area contributed by atoms with Gasteiger partial charge in [0.15, 0.2) is 0 Å². The third-order valence-corrected chi connectivity index (χ3v) is 3.27. The molecule has 1 aliphatic rings. The molecule has 1 atom stereocenters. The van der Waals surface area contributed by atoms with Crippen LogP contribution in [0.1, 0.15) is 11.1 Å². The Hall–Kier alpha value is -0.870. The number of rotatable bonds is 1. The van der Waals surface area contributed by atoms with Crippen LogP contribution in [0, 0.1) is 0 Å². The van der Waals surface area contributed by atoms with Crippen LogP contribution in [-0.2, 0) is 22.4 Å². The summed E-state index contributed by atoms with van der Waals surface area (Å²) in [6.07, 6.45) is 1.11. The van der Waals surface area contributed by atoms with Gasteiger partial charge in [-0.25, -0.2) is 0 Å². The monoisotopic (exact) mass is 269 g/mol. The molecule has 0 aromatic heterocycles. The molecular formula is C11H12BrNO2. The van der Waals surface area contributed by atoms with E-state index in [0.29, 0.717) is 12.8 Å². The van der Waals surface area contributed by atoms with E-state index in [2.05, 4.69) is 15.9 Å². The fraction of sp³-hybridized carbons (Fsp3) is 0.364. The maximum Gasteiger partial charge on any atom is 0.326 e. The van der Waals surface area contributed by atoms with Crippen LogP contribution in [0.2, 0.25) is 0 Å². The topological polar surface area (TPSA) is 52.3 Å². The molecule has 80 valence electrons. The first-order valence-corrected chi connectivity index (χ1v) is 5.49. The minimum absolute atomic E-state index is 0.338. The van der Waals surface area contributed by atoms with Crippen LogP contribution in [0.5, 0.6) is 0 Å². The number of carbonyl (C=O) groups excluding carboxylic acids is 1. The van der Waals surface area contributed by atoms with Crippen molar-refractivity contribution in [2.24, 2.45) is 5.73 Å². The zero-order valence-corrected chi connectivity index (χ0v) is 10.0. The highest BCUT2D eigenvalue weighted by atomic mass is 79.9. The minimum Gasteiger partial charge on any atom is -0.468 e. The number of hydrogen-bond donors (Lipinski definition) is 1. The SMILES string of the molecule is COC(=O)C1(N)Cc2ccc(Br)cc2C1. The third-order valence-electron chi connectivity index (χ3n) is 2.77. The molecule has 3 nitrogen and oxygen atoms in total. The van der Waals surface area contributed by atoms with E-state index in [4.69, 9.17) is 10.5 Å². The molecule has 1 aliphatic carbocycles. The number of fused-ring (bicyclic) bond motifs is 1. The molecule has 1 aromatic rings. The molecule has 15 heavy (non-hydrogen) atoms. The van der Waals surface area contributed by atoms with E-state index in [-0.39, 0.29) is 5.97 Å². The molecule has 2 rings (SSSR count). The van der Waals surface area contributed by atoms with Gasteiger partial charge < -0.3 is 10.5 Å². The Morgan fingerprint density at radius 3 is 2.80 bits per heavy atom. The number of carbonyl (C=O) groups is 1. The predicted molar refractivity (Wildman–Crippen MR) is 60.5 cm³/mol. The van der Waals surface area contributed by atoms with E-state index < -0.39 is 5.54 Å². The van der Waals surface area contributed by atoms with Crippen LogP contribution in [0.15, 0.2) is 22.7 Å². The molecule has 0 spiro atoms. The second-order valence-electron chi connectivity index (χ2n) is 3.91. The molecule has 0 saturated carbocycles. The van der Waals surface area contributed by atoms with Gasteiger partial charge >= 0.3 is 5.97 Å². The van der Waals surface area contributed by atoms with Crippen LogP contribution >= 0.6 is 15.9 Å². The highest BCUT2D eigenvalue weighted by Crippen LogP contribution is 2.31. The molecule has 1 aromatic carbocycles. The van der Waals surface area contributed by atoms with Crippen LogP contribution in [0.3, 0.4) is 0 Å². The largest absolute Gasteiger partial charge is 0.468 e. The van der Waals surface area contributed by atoms with Gasteiger partial charge in [0, 0.05) is 17.3 Å². The number of hydrogen-bond acceptors (Lipinski definition) is 3. The number of esters is 1. The lowest BCUT2D eigenvalue weighted by atomic mass is 9.98. The number of halogens is 1. The number of methoxy groups -OCH3 is 1. The van der Waals surface area contributed by atoms with Gasteiger partial charge in [-0.15, -0.1) is 0 Å². The highest BCUT2D eigenvalue weighted by molar-refractivity contribution is 9.10. The summed E-state index contributed by atoms with van der Waals surface area (Å²) in [6.45, 7) is 0. The Balaban J connectivity index is 2.32. The second-order valence-corrected chi connectivity index (χ2v) is 4.83. The quantitative estimate of drug-likeness (QED) is 0.785. The second kappa shape index (κ2) is 3.61. The lowest BCUT2D eigenvalue weighted by Gasteiger charge is -2.19. The average Bonchev–Trinajstić information content (AvgIpc) is 2.53.